The number of hydrogen-bond donors (Lipinski definition) is 1. The highest BCUT2D eigenvalue weighted by Gasteiger charge is 2.57. The van der Waals surface area contributed by atoms with Gasteiger partial charge in [0.2, 0.25) is 0 Å². The van der Waals surface area contributed by atoms with Crippen molar-refractivity contribution in [3.8, 4) is 0 Å². The van der Waals surface area contributed by atoms with Crippen molar-refractivity contribution in [2.45, 2.75) is 64.9 Å². The van der Waals surface area contributed by atoms with Crippen molar-refractivity contribution in [3.05, 3.63) is 35.6 Å². The first-order chi connectivity index (χ1) is 11.9. The Balaban J connectivity index is 1.61. The molecule has 0 radical (unpaired) electrons. The van der Waals surface area contributed by atoms with Crippen LogP contribution < -0.4 is 0 Å². The zero-order chi connectivity index (χ0) is 17.8. The number of ether oxygens (including phenoxy) is 1. The third-order valence-electron chi connectivity index (χ3n) is 8.20. The maximum absolute atomic E-state index is 10.7. The fourth-order valence-corrected chi connectivity index (χ4v) is 6.84. The van der Waals surface area contributed by atoms with Crippen LogP contribution >= 0.6 is 0 Å². The van der Waals surface area contributed by atoms with Crippen LogP contribution in [0.4, 0.5) is 0 Å². The molecule has 2 saturated carbocycles. The minimum atomic E-state index is 0.0692. The largest absolute Gasteiger partial charge is 0.508 e. The molecule has 1 N–H and O–H groups in total. The molecule has 4 rings (SSSR count). The first-order valence-electron chi connectivity index (χ1n) is 9.77. The number of aliphatic hydroxyl groups is 1. The van der Waals surface area contributed by atoms with Gasteiger partial charge in [0.15, 0.2) is 0 Å². The number of aliphatic hydroxyl groups excluding tert-OH is 1. The van der Waals surface area contributed by atoms with Crippen molar-refractivity contribution < 1.29 is 14.6 Å². The molecule has 4 aliphatic carbocycles. The maximum Gasteiger partial charge on any atom is 0.293 e. The van der Waals surface area contributed by atoms with Crippen molar-refractivity contribution in [1.82, 2.24) is 0 Å². The van der Waals surface area contributed by atoms with E-state index in [1.807, 2.05) is 0 Å². The first-order valence-corrected chi connectivity index (χ1v) is 9.77. The van der Waals surface area contributed by atoms with Crippen molar-refractivity contribution in [3.63, 3.8) is 0 Å². The second-order valence-electron chi connectivity index (χ2n) is 9.11. The van der Waals surface area contributed by atoms with Crippen LogP contribution in [0.15, 0.2) is 35.6 Å². The number of carbonyl (C=O) groups excluding carboxylic acids is 1. The molecule has 0 heterocycles. The van der Waals surface area contributed by atoms with Gasteiger partial charge in [-0.25, -0.2) is 0 Å². The third-order valence-corrected chi connectivity index (χ3v) is 8.20. The molecular formula is C22H30O3. The molecule has 0 aromatic rings. The van der Waals surface area contributed by atoms with Gasteiger partial charge in [0.05, 0.1) is 0 Å². The van der Waals surface area contributed by atoms with Gasteiger partial charge in [-0.3, -0.25) is 4.79 Å². The molecule has 0 bridgehead atoms. The Morgan fingerprint density at radius 3 is 2.68 bits per heavy atom. The lowest BCUT2D eigenvalue weighted by Crippen LogP contribution is -2.50. The predicted molar refractivity (Wildman–Crippen MR) is 97.9 cm³/mol. The van der Waals surface area contributed by atoms with Gasteiger partial charge >= 0.3 is 0 Å². The van der Waals surface area contributed by atoms with E-state index >= 15 is 0 Å². The second-order valence-corrected chi connectivity index (χ2v) is 9.11. The predicted octanol–water partition coefficient (Wildman–Crippen LogP) is 5.10. The summed E-state index contributed by atoms with van der Waals surface area (Å²) in [4.78, 5) is 10.7. The standard InChI is InChI=1S/C22H30O3/c1-14(24)18-6-7-19-17-5-4-15-12-16(25-13-23)8-10-21(15,2)20(17)9-11-22(18,19)3/h4,6,13,16-17,19-20,24H,1,5,7-12H2,2-3H3/t16-,17-,19-,20-,21-,22+/m0/s1. The number of rotatable bonds is 3. The molecule has 0 saturated heterocycles. The Labute approximate surface area is 150 Å². The number of carbonyl (C=O) groups is 1. The molecule has 0 amide bonds. The van der Waals surface area contributed by atoms with Gasteiger partial charge in [0.1, 0.15) is 11.9 Å². The second kappa shape index (κ2) is 5.75. The van der Waals surface area contributed by atoms with Crippen LogP contribution in [0.5, 0.6) is 0 Å². The van der Waals surface area contributed by atoms with E-state index in [1.165, 1.54) is 12.0 Å². The highest BCUT2D eigenvalue weighted by atomic mass is 16.5. The van der Waals surface area contributed by atoms with E-state index in [4.69, 9.17) is 4.74 Å². The molecule has 0 unspecified atom stereocenters. The van der Waals surface area contributed by atoms with Gasteiger partial charge in [-0.15, -0.1) is 0 Å². The van der Waals surface area contributed by atoms with E-state index in [0.717, 1.165) is 44.1 Å². The topological polar surface area (TPSA) is 46.5 Å². The highest BCUT2D eigenvalue weighted by Crippen LogP contribution is 2.65. The lowest BCUT2D eigenvalue weighted by molar-refractivity contribution is -0.135. The van der Waals surface area contributed by atoms with Crippen molar-refractivity contribution in [2.75, 3.05) is 0 Å². The molecule has 0 aromatic heterocycles. The van der Waals surface area contributed by atoms with E-state index in [2.05, 4.69) is 32.6 Å². The quantitative estimate of drug-likeness (QED) is 0.441. The van der Waals surface area contributed by atoms with E-state index in [1.54, 1.807) is 0 Å². The lowest BCUT2D eigenvalue weighted by Gasteiger charge is -2.57. The van der Waals surface area contributed by atoms with Gasteiger partial charge in [0.25, 0.3) is 6.47 Å². The van der Waals surface area contributed by atoms with Crippen molar-refractivity contribution in [1.29, 1.82) is 0 Å². The Morgan fingerprint density at radius 2 is 1.96 bits per heavy atom. The van der Waals surface area contributed by atoms with Gasteiger partial charge in [-0.05, 0) is 72.7 Å². The fourth-order valence-electron chi connectivity index (χ4n) is 6.84. The first kappa shape index (κ1) is 16.9. The molecule has 0 spiro atoms. The molecule has 6 atom stereocenters. The Bertz CT molecular complexity index is 660. The zero-order valence-corrected chi connectivity index (χ0v) is 15.5. The van der Waals surface area contributed by atoms with E-state index < -0.39 is 0 Å². The Kier molecular flexibility index (Phi) is 3.90. The minimum absolute atomic E-state index is 0.0692. The Hall–Kier alpha value is -1.51. The van der Waals surface area contributed by atoms with Crippen LogP contribution in [0.1, 0.15) is 58.8 Å². The van der Waals surface area contributed by atoms with Crippen LogP contribution in [0.25, 0.3) is 0 Å². The zero-order valence-electron chi connectivity index (χ0n) is 15.5. The summed E-state index contributed by atoms with van der Waals surface area (Å²) >= 11 is 0. The van der Waals surface area contributed by atoms with Crippen molar-refractivity contribution in [2.24, 2.45) is 28.6 Å². The number of hydrogen-bond acceptors (Lipinski definition) is 3. The average molecular weight is 342 g/mol. The molecule has 3 heteroatoms. The van der Waals surface area contributed by atoms with Crippen LogP contribution in [-0.2, 0) is 9.53 Å². The summed E-state index contributed by atoms with van der Waals surface area (Å²) in [6, 6.07) is 0. The van der Waals surface area contributed by atoms with E-state index in [9.17, 15) is 9.90 Å². The minimum Gasteiger partial charge on any atom is -0.508 e. The fraction of sp³-hybridized carbons (Fsp3) is 0.682. The van der Waals surface area contributed by atoms with Gasteiger partial charge in [-0.1, -0.05) is 38.2 Å². The summed E-state index contributed by atoms with van der Waals surface area (Å²) in [6.07, 6.45) is 12.3. The molecule has 25 heavy (non-hydrogen) atoms. The molecule has 136 valence electrons. The molecule has 3 nitrogen and oxygen atoms in total. The molecular weight excluding hydrogens is 312 g/mol. The van der Waals surface area contributed by atoms with Crippen molar-refractivity contribution >= 4 is 6.47 Å². The molecule has 2 fully saturated rings. The normalized spacial score (nSPS) is 45.4. The summed E-state index contributed by atoms with van der Waals surface area (Å²) in [5.41, 5.74) is 2.96. The monoisotopic (exact) mass is 342 g/mol. The lowest BCUT2D eigenvalue weighted by atomic mass is 9.47. The SMILES string of the molecule is C=C(O)C1=CC[C@H]2[C@@H]3CC=C4C[C@@H](OC=O)CC[C@]4(C)[C@H]3CC[C@]12C. The van der Waals surface area contributed by atoms with E-state index in [-0.39, 0.29) is 22.7 Å². The van der Waals surface area contributed by atoms with Crippen LogP contribution in [0, 0.1) is 28.6 Å². The van der Waals surface area contributed by atoms with Gasteiger partial charge < -0.3 is 9.84 Å². The summed E-state index contributed by atoms with van der Waals surface area (Å²) in [7, 11) is 0. The molecule has 0 aliphatic heterocycles. The molecule has 0 aromatic carbocycles. The van der Waals surface area contributed by atoms with Gasteiger partial charge in [0, 0.05) is 6.42 Å². The van der Waals surface area contributed by atoms with E-state index in [0.29, 0.717) is 24.2 Å². The molecule has 4 aliphatic rings. The number of allylic oxidation sites excluding steroid dienone is 3. The van der Waals surface area contributed by atoms with Gasteiger partial charge in [-0.2, -0.15) is 0 Å². The smallest absolute Gasteiger partial charge is 0.293 e. The summed E-state index contributed by atoms with van der Waals surface area (Å²) < 4.78 is 5.27. The maximum atomic E-state index is 10.7. The van der Waals surface area contributed by atoms with Crippen LogP contribution in [0.3, 0.4) is 0 Å². The summed E-state index contributed by atoms with van der Waals surface area (Å²) in [6.45, 7) is 9.21. The average Bonchev–Trinajstić information content (AvgIpc) is 2.93. The highest BCUT2D eigenvalue weighted by molar-refractivity contribution is 5.39. The third kappa shape index (κ3) is 2.34. The summed E-state index contributed by atoms with van der Waals surface area (Å²) in [5, 5.41) is 10.1. The Morgan fingerprint density at radius 1 is 1.20 bits per heavy atom. The summed E-state index contributed by atoms with van der Waals surface area (Å²) in [5.74, 6) is 2.28. The number of fused-ring (bicyclic) bond motifs is 5. The van der Waals surface area contributed by atoms with Crippen LogP contribution in [-0.4, -0.2) is 17.7 Å². The van der Waals surface area contributed by atoms with Crippen LogP contribution in [0.2, 0.25) is 0 Å².